The van der Waals surface area contributed by atoms with Crippen LogP contribution in [0, 0.1) is 0 Å². The van der Waals surface area contributed by atoms with E-state index in [1.54, 1.807) is 6.07 Å². The van der Waals surface area contributed by atoms with Gasteiger partial charge >= 0.3 is 0 Å². The van der Waals surface area contributed by atoms with E-state index in [1.165, 1.54) is 0 Å². The van der Waals surface area contributed by atoms with Crippen molar-refractivity contribution >= 4 is 15.9 Å². The Hall–Kier alpha value is -0.940. The van der Waals surface area contributed by atoms with Crippen LogP contribution in [0.5, 0.6) is 17.2 Å². The van der Waals surface area contributed by atoms with Crippen LogP contribution >= 0.6 is 15.9 Å². The Labute approximate surface area is 102 Å². The summed E-state index contributed by atoms with van der Waals surface area (Å²) in [5.41, 5.74) is 6.35. The van der Waals surface area contributed by atoms with Crippen LogP contribution in [-0.2, 0) is 0 Å². The van der Waals surface area contributed by atoms with Gasteiger partial charge in [-0.05, 0) is 22.5 Å². The molecule has 0 amide bonds. The minimum atomic E-state index is 0.0212. The van der Waals surface area contributed by atoms with Crippen LogP contribution in [0.2, 0.25) is 0 Å². The minimum Gasteiger partial charge on any atom is -0.506 e. The SMILES string of the molecule is CC(CN)c1c(O)c(Br)cc2c1OCCO2. The lowest BCUT2D eigenvalue weighted by Gasteiger charge is -2.24. The second-order valence-electron chi connectivity index (χ2n) is 3.78. The predicted octanol–water partition coefficient (Wildman–Crippen LogP) is 1.99. The highest BCUT2D eigenvalue weighted by molar-refractivity contribution is 9.10. The first-order chi connectivity index (χ1) is 7.65. The smallest absolute Gasteiger partial charge is 0.168 e. The van der Waals surface area contributed by atoms with Gasteiger partial charge in [0.05, 0.1) is 4.47 Å². The van der Waals surface area contributed by atoms with Gasteiger partial charge in [-0.25, -0.2) is 0 Å². The molecule has 0 bridgehead atoms. The molecule has 2 rings (SSSR count). The van der Waals surface area contributed by atoms with E-state index in [0.717, 1.165) is 0 Å². The molecule has 4 nitrogen and oxygen atoms in total. The molecule has 1 aromatic carbocycles. The number of hydrogen-bond donors (Lipinski definition) is 2. The quantitative estimate of drug-likeness (QED) is 0.873. The van der Waals surface area contributed by atoms with Crippen molar-refractivity contribution < 1.29 is 14.6 Å². The van der Waals surface area contributed by atoms with Crippen molar-refractivity contribution in [2.75, 3.05) is 19.8 Å². The summed E-state index contributed by atoms with van der Waals surface area (Å²) >= 11 is 3.30. The summed E-state index contributed by atoms with van der Waals surface area (Å²) in [6.07, 6.45) is 0. The Balaban J connectivity index is 2.59. The van der Waals surface area contributed by atoms with E-state index in [9.17, 15) is 5.11 Å². The summed E-state index contributed by atoms with van der Waals surface area (Å²) in [4.78, 5) is 0. The minimum absolute atomic E-state index is 0.0212. The molecular weight excluding hydrogens is 274 g/mol. The Bertz CT molecular complexity index is 409. The fourth-order valence-electron chi connectivity index (χ4n) is 1.74. The lowest BCUT2D eigenvalue weighted by atomic mass is 9.98. The van der Waals surface area contributed by atoms with Crippen molar-refractivity contribution in [1.29, 1.82) is 0 Å². The molecule has 0 saturated heterocycles. The first-order valence-corrected chi connectivity index (χ1v) is 5.95. The molecule has 5 heteroatoms. The Morgan fingerprint density at radius 2 is 2.19 bits per heavy atom. The molecule has 1 atom stereocenters. The zero-order valence-electron chi connectivity index (χ0n) is 9.00. The number of phenols is 1. The molecule has 0 radical (unpaired) electrons. The van der Waals surface area contributed by atoms with Crippen LogP contribution in [0.1, 0.15) is 18.4 Å². The maximum atomic E-state index is 10.0. The second kappa shape index (κ2) is 4.51. The van der Waals surface area contributed by atoms with Crippen LogP contribution in [0.25, 0.3) is 0 Å². The first kappa shape index (κ1) is 11.5. The van der Waals surface area contributed by atoms with Crippen molar-refractivity contribution in [3.05, 3.63) is 16.1 Å². The van der Waals surface area contributed by atoms with Gasteiger partial charge in [0.15, 0.2) is 11.5 Å². The largest absolute Gasteiger partial charge is 0.506 e. The number of aromatic hydroxyl groups is 1. The third kappa shape index (κ3) is 1.85. The van der Waals surface area contributed by atoms with Gasteiger partial charge in [-0.15, -0.1) is 0 Å². The lowest BCUT2D eigenvalue weighted by Crippen LogP contribution is -2.19. The summed E-state index contributed by atoms with van der Waals surface area (Å²) in [5, 5.41) is 10.0. The molecule has 1 unspecified atom stereocenters. The standard InChI is InChI=1S/C11H14BrNO3/c1-6(5-13)9-10(14)7(12)4-8-11(9)16-3-2-15-8/h4,6,14H,2-3,5,13H2,1H3. The Morgan fingerprint density at radius 3 is 2.88 bits per heavy atom. The van der Waals surface area contributed by atoms with Crippen molar-refractivity contribution in [2.24, 2.45) is 5.73 Å². The van der Waals surface area contributed by atoms with Gasteiger partial charge in [-0.1, -0.05) is 6.92 Å². The molecule has 1 aliphatic rings. The summed E-state index contributed by atoms with van der Waals surface area (Å²) < 4.78 is 11.6. The average Bonchev–Trinajstić information content (AvgIpc) is 2.30. The van der Waals surface area contributed by atoms with Gasteiger partial charge < -0.3 is 20.3 Å². The molecule has 0 aromatic heterocycles. The van der Waals surface area contributed by atoms with Gasteiger partial charge in [0.2, 0.25) is 0 Å². The summed E-state index contributed by atoms with van der Waals surface area (Å²) in [6.45, 7) is 3.42. The van der Waals surface area contributed by atoms with Crippen LogP contribution < -0.4 is 15.2 Å². The van der Waals surface area contributed by atoms with Crippen molar-refractivity contribution in [3.63, 3.8) is 0 Å². The van der Waals surface area contributed by atoms with E-state index in [2.05, 4.69) is 15.9 Å². The maximum absolute atomic E-state index is 10.0. The highest BCUT2D eigenvalue weighted by Gasteiger charge is 2.24. The van der Waals surface area contributed by atoms with Crippen LogP contribution in [0.4, 0.5) is 0 Å². The summed E-state index contributed by atoms with van der Waals surface area (Å²) in [6, 6.07) is 1.72. The maximum Gasteiger partial charge on any atom is 0.168 e. The number of rotatable bonds is 2. The van der Waals surface area contributed by atoms with Crippen molar-refractivity contribution in [1.82, 2.24) is 0 Å². The molecule has 1 aliphatic heterocycles. The topological polar surface area (TPSA) is 64.7 Å². The molecule has 0 saturated carbocycles. The van der Waals surface area contributed by atoms with E-state index in [1.807, 2.05) is 6.92 Å². The molecule has 88 valence electrons. The zero-order valence-corrected chi connectivity index (χ0v) is 10.6. The van der Waals surface area contributed by atoms with Gasteiger partial charge in [-0.3, -0.25) is 0 Å². The fraction of sp³-hybridized carbons (Fsp3) is 0.455. The highest BCUT2D eigenvalue weighted by atomic mass is 79.9. The summed E-state index contributed by atoms with van der Waals surface area (Å²) in [7, 11) is 0. The second-order valence-corrected chi connectivity index (χ2v) is 4.64. The van der Waals surface area contributed by atoms with E-state index in [0.29, 0.717) is 41.3 Å². The lowest BCUT2D eigenvalue weighted by molar-refractivity contribution is 0.168. The van der Waals surface area contributed by atoms with Gasteiger partial charge in [-0.2, -0.15) is 0 Å². The Kier molecular flexibility index (Phi) is 3.25. The number of ether oxygens (including phenoxy) is 2. The van der Waals surface area contributed by atoms with Gasteiger partial charge in [0, 0.05) is 17.5 Å². The van der Waals surface area contributed by atoms with Crippen molar-refractivity contribution in [2.45, 2.75) is 12.8 Å². The van der Waals surface area contributed by atoms with E-state index >= 15 is 0 Å². The molecule has 1 aromatic rings. The predicted molar refractivity (Wildman–Crippen MR) is 64.3 cm³/mol. The van der Waals surface area contributed by atoms with E-state index < -0.39 is 0 Å². The number of nitrogens with two attached hydrogens (primary N) is 1. The van der Waals surface area contributed by atoms with Gasteiger partial charge in [0.25, 0.3) is 0 Å². The number of hydrogen-bond acceptors (Lipinski definition) is 4. The zero-order chi connectivity index (χ0) is 11.7. The number of benzene rings is 1. The summed E-state index contributed by atoms with van der Waals surface area (Å²) in [5.74, 6) is 1.48. The normalized spacial score (nSPS) is 15.9. The first-order valence-electron chi connectivity index (χ1n) is 5.16. The molecule has 0 fully saturated rings. The number of fused-ring (bicyclic) bond motifs is 1. The third-order valence-corrected chi connectivity index (χ3v) is 3.25. The third-order valence-electron chi connectivity index (χ3n) is 2.64. The van der Waals surface area contributed by atoms with E-state index in [-0.39, 0.29) is 11.7 Å². The average molecular weight is 288 g/mol. The van der Waals surface area contributed by atoms with Crippen molar-refractivity contribution in [3.8, 4) is 17.2 Å². The van der Waals surface area contributed by atoms with Crippen LogP contribution in [0.15, 0.2) is 10.5 Å². The molecular formula is C11H14BrNO3. The monoisotopic (exact) mass is 287 g/mol. The van der Waals surface area contributed by atoms with Gasteiger partial charge in [0.1, 0.15) is 19.0 Å². The molecule has 3 N–H and O–H groups in total. The highest BCUT2D eigenvalue weighted by Crippen LogP contribution is 2.46. The van der Waals surface area contributed by atoms with E-state index in [4.69, 9.17) is 15.2 Å². The molecule has 0 aliphatic carbocycles. The number of halogens is 1. The molecule has 0 spiro atoms. The fourth-order valence-corrected chi connectivity index (χ4v) is 2.17. The number of phenolic OH excluding ortho intramolecular Hbond substituents is 1. The van der Waals surface area contributed by atoms with Crippen LogP contribution in [-0.4, -0.2) is 24.9 Å². The van der Waals surface area contributed by atoms with Crippen LogP contribution in [0.3, 0.4) is 0 Å². The Morgan fingerprint density at radius 1 is 1.50 bits per heavy atom. The molecule has 1 heterocycles. The molecule has 16 heavy (non-hydrogen) atoms.